The normalized spacial score (nSPS) is 12.8. The van der Waals surface area contributed by atoms with Crippen LogP contribution >= 0.6 is 0 Å². The Labute approximate surface area is 387 Å². The number of hydrogen-bond donors (Lipinski definition) is 0. The van der Waals surface area contributed by atoms with Crippen LogP contribution in [0.1, 0.15) is 47.2 Å². The largest absolute Gasteiger partial charge is 0.310 e. The lowest BCUT2D eigenvalue weighted by Gasteiger charge is -2.37. The van der Waals surface area contributed by atoms with Gasteiger partial charge in [0.05, 0.1) is 16.4 Å². The zero-order valence-electron chi connectivity index (χ0n) is 37.1. The van der Waals surface area contributed by atoms with Crippen LogP contribution in [-0.2, 0) is 10.8 Å². The van der Waals surface area contributed by atoms with Crippen LogP contribution in [0, 0.1) is 0 Å². The van der Waals surface area contributed by atoms with Crippen LogP contribution in [0.5, 0.6) is 0 Å². The summed E-state index contributed by atoms with van der Waals surface area (Å²) in [6.45, 7) is 4.73. The van der Waals surface area contributed by atoms with Crippen molar-refractivity contribution in [3.63, 3.8) is 0 Å². The lowest BCUT2D eigenvalue weighted by molar-refractivity contribution is 0.660. The van der Waals surface area contributed by atoms with Gasteiger partial charge in [-0.25, -0.2) is 0 Å². The molecule has 0 bridgehead atoms. The number of rotatable bonds is 9. The van der Waals surface area contributed by atoms with Crippen LogP contribution in [0.15, 0.2) is 255 Å². The molecule has 2 nitrogen and oxygen atoms in total. The van der Waals surface area contributed by atoms with Crippen molar-refractivity contribution >= 4 is 38.9 Å². The second-order valence-electron chi connectivity index (χ2n) is 18.1. The SMILES string of the molecule is CC1(C)c2ccccc2-c2ccc(N(c3cccc(-c4ccc(C(c5ccccc5)(c5ccccc5)c5ccccc5)cc4)c3)c3ccc4c5ccccc5n(-c5ccccc5)c4c3)cc21. The average molecular weight is 845 g/mol. The molecule has 1 aliphatic carbocycles. The van der Waals surface area contributed by atoms with Crippen LogP contribution in [-0.4, -0.2) is 4.57 Å². The van der Waals surface area contributed by atoms with Gasteiger partial charge >= 0.3 is 0 Å². The van der Waals surface area contributed by atoms with Crippen molar-refractivity contribution in [3.05, 3.63) is 288 Å². The summed E-state index contributed by atoms with van der Waals surface area (Å²) in [6.07, 6.45) is 0. The van der Waals surface area contributed by atoms with Crippen molar-refractivity contribution in [1.82, 2.24) is 4.57 Å². The first-order valence-corrected chi connectivity index (χ1v) is 23.0. The predicted molar refractivity (Wildman–Crippen MR) is 277 cm³/mol. The number of aromatic nitrogens is 1. The third-order valence-corrected chi connectivity index (χ3v) is 14.1. The molecule has 1 heterocycles. The lowest BCUT2D eigenvalue weighted by Crippen LogP contribution is -2.30. The molecule has 0 N–H and O–H groups in total. The van der Waals surface area contributed by atoms with Gasteiger partial charge in [0.15, 0.2) is 0 Å². The standard InChI is InChI=1S/C64H48N2/c1-63(2)59-32-17-15-30-55(59)56-40-38-53(43-60(56)63)65(54-39-41-58-57-31-16-18-33-61(57)66(62(58)44-54)51-27-13-6-14-28-51)52-29-19-20-46(42-52)45-34-36-50(37-35-45)64(47-21-7-3-8-22-47,48-23-9-4-10-24-48)49-25-11-5-12-26-49/h3-44H,1-2H3. The number of para-hydroxylation sites is 2. The van der Waals surface area contributed by atoms with E-state index in [1.165, 1.54) is 66.3 Å². The molecule has 314 valence electrons. The van der Waals surface area contributed by atoms with E-state index in [9.17, 15) is 0 Å². The van der Waals surface area contributed by atoms with Crippen LogP contribution in [0.2, 0.25) is 0 Å². The Morgan fingerprint density at radius 2 is 0.864 bits per heavy atom. The second kappa shape index (κ2) is 15.8. The fourth-order valence-electron chi connectivity index (χ4n) is 11.0. The van der Waals surface area contributed by atoms with Gasteiger partial charge in [0.1, 0.15) is 0 Å². The van der Waals surface area contributed by atoms with E-state index in [0.29, 0.717) is 0 Å². The molecule has 0 saturated carbocycles. The maximum atomic E-state index is 2.45. The van der Waals surface area contributed by atoms with Gasteiger partial charge in [0.2, 0.25) is 0 Å². The number of anilines is 3. The summed E-state index contributed by atoms with van der Waals surface area (Å²) in [6, 6.07) is 93.7. The molecule has 0 saturated heterocycles. The maximum Gasteiger partial charge on any atom is 0.0701 e. The molecule has 0 unspecified atom stereocenters. The topological polar surface area (TPSA) is 8.17 Å². The van der Waals surface area contributed by atoms with Crippen LogP contribution in [0.4, 0.5) is 17.1 Å². The number of benzene rings is 10. The van der Waals surface area contributed by atoms with Crippen molar-refractivity contribution in [3.8, 4) is 27.9 Å². The first-order chi connectivity index (χ1) is 32.5. The molecule has 1 aliphatic rings. The minimum Gasteiger partial charge on any atom is -0.310 e. The second-order valence-corrected chi connectivity index (χ2v) is 18.1. The van der Waals surface area contributed by atoms with Gasteiger partial charge in [-0.15, -0.1) is 0 Å². The van der Waals surface area contributed by atoms with E-state index in [0.717, 1.165) is 33.9 Å². The summed E-state index contributed by atoms with van der Waals surface area (Å²) < 4.78 is 2.41. The van der Waals surface area contributed by atoms with Gasteiger partial charge in [0, 0.05) is 38.9 Å². The van der Waals surface area contributed by atoms with E-state index in [2.05, 4.69) is 278 Å². The fraction of sp³-hybridized carbons (Fsp3) is 0.0625. The summed E-state index contributed by atoms with van der Waals surface area (Å²) in [5.74, 6) is 0. The first-order valence-electron chi connectivity index (χ1n) is 23.0. The van der Waals surface area contributed by atoms with Gasteiger partial charge in [-0.1, -0.05) is 214 Å². The highest BCUT2D eigenvalue weighted by Gasteiger charge is 2.39. The number of nitrogens with zero attached hydrogens (tertiary/aromatic N) is 2. The molecule has 66 heavy (non-hydrogen) atoms. The Morgan fingerprint density at radius 1 is 0.348 bits per heavy atom. The first kappa shape index (κ1) is 39.4. The summed E-state index contributed by atoms with van der Waals surface area (Å²) >= 11 is 0. The van der Waals surface area contributed by atoms with Gasteiger partial charge in [-0.2, -0.15) is 0 Å². The molecule has 0 atom stereocenters. The molecule has 0 radical (unpaired) electrons. The Morgan fingerprint density at radius 3 is 1.55 bits per heavy atom. The van der Waals surface area contributed by atoms with Crippen molar-refractivity contribution in [1.29, 1.82) is 0 Å². The zero-order valence-corrected chi connectivity index (χ0v) is 37.1. The Hall–Kier alpha value is -8.20. The van der Waals surface area contributed by atoms with Gasteiger partial charge in [-0.3, -0.25) is 0 Å². The summed E-state index contributed by atoms with van der Waals surface area (Å²) in [7, 11) is 0. The van der Waals surface area contributed by atoms with Gasteiger partial charge in [-0.05, 0) is 110 Å². The maximum absolute atomic E-state index is 2.45. The Bertz CT molecular complexity index is 3440. The number of fused-ring (bicyclic) bond motifs is 6. The van der Waals surface area contributed by atoms with Crippen LogP contribution in [0.25, 0.3) is 49.7 Å². The van der Waals surface area contributed by atoms with Crippen molar-refractivity contribution in [2.24, 2.45) is 0 Å². The van der Waals surface area contributed by atoms with Crippen molar-refractivity contribution in [2.75, 3.05) is 4.90 Å². The highest BCUT2D eigenvalue weighted by Crippen LogP contribution is 2.51. The van der Waals surface area contributed by atoms with E-state index in [1.807, 2.05) is 0 Å². The molecule has 10 aromatic carbocycles. The molecular weight excluding hydrogens is 797 g/mol. The third kappa shape index (κ3) is 6.25. The Kier molecular flexibility index (Phi) is 9.43. The van der Waals surface area contributed by atoms with E-state index in [-0.39, 0.29) is 5.41 Å². The van der Waals surface area contributed by atoms with Crippen LogP contribution < -0.4 is 4.90 Å². The van der Waals surface area contributed by atoms with E-state index >= 15 is 0 Å². The van der Waals surface area contributed by atoms with Gasteiger partial charge < -0.3 is 9.47 Å². The molecule has 0 amide bonds. The molecule has 0 spiro atoms. The van der Waals surface area contributed by atoms with Crippen molar-refractivity contribution < 1.29 is 0 Å². The third-order valence-electron chi connectivity index (χ3n) is 14.1. The summed E-state index contributed by atoms with van der Waals surface area (Å²) in [5, 5.41) is 2.47. The van der Waals surface area contributed by atoms with E-state index in [4.69, 9.17) is 0 Å². The quantitative estimate of drug-likeness (QED) is 0.131. The molecule has 11 aromatic rings. The highest BCUT2D eigenvalue weighted by atomic mass is 15.1. The summed E-state index contributed by atoms with van der Waals surface area (Å²) in [4.78, 5) is 2.45. The monoisotopic (exact) mass is 844 g/mol. The molecule has 0 fully saturated rings. The average Bonchev–Trinajstić information content (AvgIpc) is 3.83. The molecular formula is C64H48N2. The summed E-state index contributed by atoms with van der Waals surface area (Å²) in [5.41, 5.74) is 18.8. The molecule has 2 heteroatoms. The zero-order chi connectivity index (χ0) is 44.2. The van der Waals surface area contributed by atoms with E-state index in [1.54, 1.807) is 0 Å². The minimum atomic E-state index is -0.511. The fourth-order valence-corrected chi connectivity index (χ4v) is 11.0. The van der Waals surface area contributed by atoms with Gasteiger partial charge in [0.25, 0.3) is 0 Å². The van der Waals surface area contributed by atoms with E-state index < -0.39 is 5.41 Å². The van der Waals surface area contributed by atoms with Crippen molar-refractivity contribution in [2.45, 2.75) is 24.7 Å². The molecule has 12 rings (SSSR count). The smallest absolute Gasteiger partial charge is 0.0701 e. The lowest BCUT2D eigenvalue weighted by atomic mass is 9.65. The highest BCUT2D eigenvalue weighted by molar-refractivity contribution is 6.10. The Balaban J connectivity index is 1.03. The molecule has 1 aromatic heterocycles. The minimum absolute atomic E-state index is 0.143. The van der Waals surface area contributed by atoms with Crippen LogP contribution in [0.3, 0.4) is 0 Å². The molecule has 0 aliphatic heterocycles. The number of hydrogen-bond acceptors (Lipinski definition) is 1. The predicted octanol–water partition coefficient (Wildman–Crippen LogP) is 16.6.